The Morgan fingerprint density at radius 3 is 2.26 bits per heavy atom. The smallest absolute Gasteiger partial charge is 0.300 e. The summed E-state index contributed by atoms with van der Waals surface area (Å²) in [6, 6.07) is 8.15. The number of methoxy groups -OCH3 is 1. The molecular formula is C14H19NO4. The Balaban J connectivity index is 0.000000399. The molecular weight excluding hydrogens is 246 g/mol. The quantitative estimate of drug-likeness (QED) is 0.854. The highest BCUT2D eigenvalue weighted by molar-refractivity contribution is 5.80. The van der Waals surface area contributed by atoms with Crippen molar-refractivity contribution < 1.29 is 19.4 Å². The zero-order valence-electron chi connectivity index (χ0n) is 11.3. The first kappa shape index (κ1) is 15.0. The average Bonchev–Trinajstić information content (AvgIpc) is 2.68. The minimum absolute atomic E-state index is 0.142. The van der Waals surface area contributed by atoms with Crippen LogP contribution in [0.1, 0.15) is 31.7 Å². The summed E-state index contributed by atoms with van der Waals surface area (Å²) in [5, 5.41) is 10.3. The average molecular weight is 265 g/mol. The molecule has 1 fully saturated rings. The molecule has 1 aliphatic heterocycles. The Bertz CT molecular complexity index is 437. The molecule has 2 atom stereocenters. The number of carbonyl (C=O) groups excluding carboxylic acids is 1. The van der Waals surface area contributed by atoms with Gasteiger partial charge in [0.2, 0.25) is 5.91 Å². The van der Waals surface area contributed by atoms with Crippen LogP contribution in [-0.2, 0) is 9.59 Å². The van der Waals surface area contributed by atoms with Gasteiger partial charge in [-0.05, 0) is 24.6 Å². The van der Waals surface area contributed by atoms with Crippen molar-refractivity contribution in [1.82, 2.24) is 5.32 Å². The van der Waals surface area contributed by atoms with E-state index in [2.05, 4.69) is 5.32 Å². The van der Waals surface area contributed by atoms with Gasteiger partial charge in [-0.2, -0.15) is 0 Å². The summed E-state index contributed by atoms with van der Waals surface area (Å²) in [6.07, 6.45) is 0.591. The number of carboxylic acid groups (broad SMARTS) is 1. The SMILES string of the molecule is CC(=O)O.COc1ccc(C2CC(=O)NC2C)cc1. The highest BCUT2D eigenvalue weighted by atomic mass is 16.5. The number of carboxylic acids is 1. The maximum absolute atomic E-state index is 11.2. The second-order valence-electron chi connectivity index (χ2n) is 4.46. The Kier molecular flexibility index (Phi) is 5.36. The number of aliphatic carboxylic acids is 1. The zero-order valence-corrected chi connectivity index (χ0v) is 11.3. The fraction of sp³-hybridized carbons (Fsp3) is 0.429. The van der Waals surface area contributed by atoms with E-state index in [0.717, 1.165) is 12.7 Å². The summed E-state index contributed by atoms with van der Waals surface area (Å²) in [5.74, 6) is 0.454. The number of rotatable bonds is 2. The van der Waals surface area contributed by atoms with Crippen LogP contribution in [0.25, 0.3) is 0 Å². The molecule has 19 heavy (non-hydrogen) atoms. The van der Waals surface area contributed by atoms with Crippen molar-refractivity contribution in [3.05, 3.63) is 29.8 Å². The fourth-order valence-corrected chi connectivity index (χ4v) is 2.05. The van der Waals surface area contributed by atoms with E-state index < -0.39 is 5.97 Å². The van der Waals surface area contributed by atoms with Crippen molar-refractivity contribution >= 4 is 11.9 Å². The molecule has 2 rings (SSSR count). The highest BCUT2D eigenvalue weighted by Gasteiger charge is 2.29. The van der Waals surface area contributed by atoms with Gasteiger partial charge in [0.05, 0.1) is 7.11 Å². The van der Waals surface area contributed by atoms with Gasteiger partial charge in [-0.25, -0.2) is 0 Å². The molecule has 104 valence electrons. The van der Waals surface area contributed by atoms with Crippen LogP contribution < -0.4 is 10.1 Å². The predicted octanol–water partition coefficient (Wildman–Crippen LogP) is 1.78. The topological polar surface area (TPSA) is 75.6 Å². The molecule has 2 unspecified atom stereocenters. The van der Waals surface area contributed by atoms with Gasteiger partial charge in [-0.15, -0.1) is 0 Å². The lowest BCUT2D eigenvalue weighted by Gasteiger charge is -2.14. The molecule has 0 bridgehead atoms. The lowest BCUT2D eigenvalue weighted by Crippen LogP contribution is -2.24. The van der Waals surface area contributed by atoms with Crippen LogP contribution >= 0.6 is 0 Å². The summed E-state index contributed by atoms with van der Waals surface area (Å²) in [6.45, 7) is 3.12. The Morgan fingerprint density at radius 1 is 1.37 bits per heavy atom. The maximum Gasteiger partial charge on any atom is 0.300 e. The molecule has 1 saturated heterocycles. The van der Waals surface area contributed by atoms with Gasteiger partial charge in [-0.3, -0.25) is 9.59 Å². The third kappa shape index (κ3) is 4.62. The van der Waals surface area contributed by atoms with Gasteiger partial charge in [0.1, 0.15) is 5.75 Å². The molecule has 1 aromatic rings. The van der Waals surface area contributed by atoms with E-state index >= 15 is 0 Å². The molecule has 1 aliphatic rings. The van der Waals surface area contributed by atoms with Crippen LogP contribution in [0.2, 0.25) is 0 Å². The molecule has 0 spiro atoms. The number of ether oxygens (including phenoxy) is 1. The Morgan fingerprint density at radius 2 is 1.89 bits per heavy atom. The van der Waals surface area contributed by atoms with Crippen molar-refractivity contribution in [3.8, 4) is 5.75 Å². The van der Waals surface area contributed by atoms with Crippen molar-refractivity contribution in [1.29, 1.82) is 0 Å². The van der Waals surface area contributed by atoms with E-state index in [-0.39, 0.29) is 11.9 Å². The van der Waals surface area contributed by atoms with Crippen molar-refractivity contribution in [2.45, 2.75) is 32.2 Å². The van der Waals surface area contributed by atoms with Gasteiger partial charge in [0.15, 0.2) is 0 Å². The van der Waals surface area contributed by atoms with E-state index in [1.807, 2.05) is 31.2 Å². The van der Waals surface area contributed by atoms with Gasteiger partial charge >= 0.3 is 0 Å². The second-order valence-corrected chi connectivity index (χ2v) is 4.46. The summed E-state index contributed by atoms with van der Waals surface area (Å²) in [5.41, 5.74) is 1.20. The third-order valence-electron chi connectivity index (χ3n) is 2.94. The summed E-state index contributed by atoms with van der Waals surface area (Å²) < 4.78 is 5.10. The predicted molar refractivity (Wildman–Crippen MR) is 71.3 cm³/mol. The molecule has 0 aliphatic carbocycles. The van der Waals surface area contributed by atoms with E-state index in [4.69, 9.17) is 14.6 Å². The zero-order chi connectivity index (χ0) is 14.4. The monoisotopic (exact) mass is 265 g/mol. The summed E-state index contributed by atoms with van der Waals surface area (Å²) >= 11 is 0. The maximum atomic E-state index is 11.2. The van der Waals surface area contributed by atoms with Crippen LogP contribution in [0.15, 0.2) is 24.3 Å². The van der Waals surface area contributed by atoms with Crippen LogP contribution in [0.4, 0.5) is 0 Å². The molecule has 2 N–H and O–H groups in total. The normalized spacial score (nSPS) is 21.1. The Labute approximate surface area is 112 Å². The first-order valence-electron chi connectivity index (χ1n) is 6.07. The van der Waals surface area contributed by atoms with E-state index in [1.54, 1.807) is 7.11 Å². The molecule has 1 amide bonds. The number of benzene rings is 1. The van der Waals surface area contributed by atoms with Gasteiger partial charge in [0.25, 0.3) is 5.97 Å². The number of hydrogen-bond donors (Lipinski definition) is 2. The van der Waals surface area contributed by atoms with Crippen molar-refractivity contribution in [2.24, 2.45) is 0 Å². The summed E-state index contributed by atoms with van der Waals surface area (Å²) in [7, 11) is 1.65. The van der Waals surface area contributed by atoms with E-state index in [1.165, 1.54) is 5.56 Å². The third-order valence-corrected chi connectivity index (χ3v) is 2.94. The molecule has 1 heterocycles. The second kappa shape index (κ2) is 6.78. The lowest BCUT2D eigenvalue weighted by molar-refractivity contribution is -0.134. The minimum Gasteiger partial charge on any atom is -0.497 e. The standard InChI is InChI=1S/C12H15NO2.C2H4O2/c1-8-11(7-12(14)13-8)9-3-5-10(15-2)6-4-9;1-2(3)4/h3-6,8,11H,7H2,1-2H3,(H,13,14);1H3,(H,3,4). The van der Waals surface area contributed by atoms with Gasteiger partial charge < -0.3 is 15.2 Å². The fourth-order valence-electron chi connectivity index (χ4n) is 2.05. The molecule has 0 radical (unpaired) electrons. The Hall–Kier alpha value is -2.04. The highest BCUT2D eigenvalue weighted by Crippen LogP contribution is 2.29. The minimum atomic E-state index is -0.833. The van der Waals surface area contributed by atoms with Crippen LogP contribution in [0.5, 0.6) is 5.75 Å². The van der Waals surface area contributed by atoms with E-state index in [0.29, 0.717) is 12.3 Å². The molecule has 1 aromatic carbocycles. The first-order valence-corrected chi connectivity index (χ1v) is 6.07. The molecule has 5 heteroatoms. The first-order chi connectivity index (χ1) is 8.93. The number of hydrogen-bond acceptors (Lipinski definition) is 3. The van der Waals surface area contributed by atoms with Gasteiger partial charge in [-0.1, -0.05) is 12.1 Å². The van der Waals surface area contributed by atoms with Crippen LogP contribution in [0.3, 0.4) is 0 Å². The lowest BCUT2D eigenvalue weighted by atomic mass is 9.93. The van der Waals surface area contributed by atoms with E-state index in [9.17, 15) is 4.79 Å². The van der Waals surface area contributed by atoms with Crippen LogP contribution in [0, 0.1) is 0 Å². The van der Waals surface area contributed by atoms with Crippen molar-refractivity contribution in [3.63, 3.8) is 0 Å². The van der Waals surface area contributed by atoms with Crippen LogP contribution in [-0.4, -0.2) is 30.1 Å². The number of amides is 1. The van der Waals surface area contributed by atoms with Gasteiger partial charge in [0, 0.05) is 25.3 Å². The molecule has 5 nitrogen and oxygen atoms in total. The molecule has 0 saturated carbocycles. The molecule has 0 aromatic heterocycles. The van der Waals surface area contributed by atoms with Crippen molar-refractivity contribution in [2.75, 3.05) is 7.11 Å². The number of nitrogens with one attached hydrogen (secondary N) is 1. The summed E-state index contributed by atoms with van der Waals surface area (Å²) in [4.78, 5) is 20.2. The largest absolute Gasteiger partial charge is 0.497 e. The number of carbonyl (C=O) groups is 2.